The molecule has 8 saturated carbocycles. The van der Waals surface area contributed by atoms with Gasteiger partial charge in [0.1, 0.15) is 6.90 Å². The molecule has 0 heterocycles. The van der Waals surface area contributed by atoms with Crippen molar-refractivity contribution in [3.8, 4) is 22.3 Å². The average Bonchev–Trinajstić information content (AvgIpc) is 1.57. The third kappa shape index (κ3) is 19.8. The zero-order valence-electron chi connectivity index (χ0n) is 84.4. The van der Waals surface area contributed by atoms with Gasteiger partial charge in [-0.25, -0.2) is 0 Å². The Labute approximate surface area is 827 Å². The fourth-order valence-corrected chi connectivity index (χ4v) is 79.7. The van der Waals surface area contributed by atoms with Gasteiger partial charge in [0, 0.05) is 30.4 Å². The minimum Gasteiger partial charge on any atom is 1.00 e. The van der Waals surface area contributed by atoms with Gasteiger partial charge in [-0.1, -0.05) is 377 Å². The Morgan fingerprint density at radius 1 is 0.373 bits per heavy atom. The van der Waals surface area contributed by atoms with Crippen LogP contribution in [0.3, 0.4) is 0 Å². The Morgan fingerprint density at radius 2 is 0.738 bits per heavy atom. The molecule has 0 N–H and O–H groups in total. The van der Waals surface area contributed by atoms with Crippen molar-refractivity contribution in [3.05, 3.63) is 239 Å². The Balaban J connectivity index is 0.000000160. The molecule has 0 amide bonds. The predicted molar refractivity (Wildman–Crippen MR) is 569 cm³/mol. The zero-order valence-corrected chi connectivity index (χ0v) is 97.1. The van der Waals surface area contributed by atoms with Gasteiger partial charge in [-0.15, -0.1) is 0 Å². The minimum absolute atomic E-state index is 0. The van der Waals surface area contributed by atoms with E-state index >= 15 is 0 Å². The van der Waals surface area contributed by atoms with Crippen LogP contribution in [0.1, 0.15) is 243 Å². The van der Waals surface area contributed by atoms with Gasteiger partial charge >= 0.3 is 75.6 Å². The maximum atomic E-state index is 7.08. The standard InChI is InChI=1S/2C29H48Si2.C29H36Si2.C23H29ClSi2.2CH3.2ClH.2Li.Zr/c3*1-20-15-16-24(17-20)30(3,4)31(5,6)29-21(2)18-26-27(29)19-23-13-10-14-25(23)28(26)22-11-8-7-9-12-22;1-16-14-20-21(23(16)25(2,3)26(4,5)24)15-18-12-9-13-19(18)22(20)17-10-7-6-8-11-17;;;;;;;/h2*7-9,11-12,20-21,23-29H,10,13-19H2,1-6H3;7-9,11-12,15-19,24,29H,10,13-14H2,1-6H3;6-8,10-11,14-15,23H,9,12-13H2,1-5H3;2*1H3;2*1H;;;/q;;;;2*-1;;;2*+1;+4/p-2. The van der Waals surface area contributed by atoms with Crippen LogP contribution in [0, 0.1) is 85.9 Å². The molecule has 0 aliphatic heterocycles. The second kappa shape index (κ2) is 42.1. The summed E-state index contributed by atoms with van der Waals surface area (Å²) in [6.45, 7) is 59.3. The SMILES string of the molecule is CC1=CC([Si](C)(C)[Si](C)(C)C2C(C)=Cc3c2cc2c(c3-c3ccccc3)CCC2)C=C1.CC1=Cc2c(cc3c(c2-c2ccccc2)CCC3)C1[Si](C)(C)[Si](C)(C)Cl.CC1CCC([Si](C)(C)[Si](C)(C)C2C(C)CC3C2CC2CCCC2C3c2ccccc2)C1.CC1CCC([Si](C)(C)[Si](C)(C)C2C(C)CC3C2CC2CCCC2C3c2ccccc2)C1.[CH3-].[CH3-].[Cl][Zr+2][Cl].[Li+].[Li+]. The Kier molecular flexibility index (Phi) is 35.2. The molecule has 14 heteroatoms. The van der Waals surface area contributed by atoms with E-state index in [1.54, 1.807) is 105 Å². The number of hydrogen-bond acceptors (Lipinski definition) is 0. The first kappa shape index (κ1) is 105. The Hall–Kier alpha value is -1.04. The van der Waals surface area contributed by atoms with Gasteiger partial charge < -0.3 is 14.9 Å². The van der Waals surface area contributed by atoms with E-state index in [0.717, 1.165) is 105 Å². The van der Waals surface area contributed by atoms with Crippen LogP contribution in [-0.2, 0) is 46.5 Å². The fraction of sp³-hybridized carbons (Fsp3) is 0.589. The third-order valence-corrected chi connectivity index (χ3v) is 120. The van der Waals surface area contributed by atoms with Crippen molar-refractivity contribution in [3.63, 3.8) is 0 Å². The van der Waals surface area contributed by atoms with Gasteiger partial charge in [0.2, 0.25) is 0 Å². The molecular formula is C112H167Cl3Li2Si8Zr+2. The van der Waals surface area contributed by atoms with Crippen molar-refractivity contribution in [1.82, 2.24) is 0 Å². The molecule has 8 fully saturated rings. The zero-order chi connectivity index (χ0) is 87.3. The molecule has 13 aliphatic rings. The topological polar surface area (TPSA) is 0 Å². The molecule has 21 unspecified atom stereocenters. The summed E-state index contributed by atoms with van der Waals surface area (Å²) in [4.78, 5) is 0. The second-order valence-corrected chi connectivity index (χ2v) is 118. The maximum absolute atomic E-state index is 7.08. The molecule has 6 aromatic carbocycles. The van der Waals surface area contributed by atoms with Crippen LogP contribution in [0.2, 0.25) is 132 Å². The number of aryl methyl sites for hydroxylation is 2. The van der Waals surface area contributed by atoms with Crippen LogP contribution in [0.5, 0.6) is 0 Å². The molecular weight excluding hydrogens is 1780 g/mol. The predicted octanol–water partition coefficient (Wildman–Crippen LogP) is 29.5. The molecule has 0 spiro atoms. The van der Waals surface area contributed by atoms with Crippen molar-refractivity contribution < 1.29 is 58.6 Å². The van der Waals surface area contributed by atoms with Gasteiger partial charge in [-0.05, 0) is 297 Å². The normalized spacial score (nSPS) is 30.8. The summed E-state index contributed by atoms with van der Waals surface area (Å²) in [5, 5.41) is 0. The molecule has 0 nitrogen and oxygen atoms in total. The Bertz CT molecular complexity index is 4670. The molecule has 0 bridgehead atoms. The second-order valence-electron chi connectivity index (χ2n) is 47.7. The number of allylic oxidation sites excluding steroid dienone is 6. The van der Waals surface area contributed by atoms with Crippen molar-refractivity contribution in [2.45, 2.75) is 345 Å². The van der Waals surface area contributed by atoms with Crippen LogP contribution in [0.25, 0.3) is 34.4 Å². The smallest absolute Gasteiger partial charge is 1.00 e. The molecule has 126 heavy (non-hydrogen) atoms. The summed E-state index contributed by atoms with van der Waals surface area (Å²) in [5.41, 5.74) is 32.9. The van der Waals surface area contributed by atoms with Crippen molar-refractivity contribution in [2.75, 3.05) is 0 Å². The summed E-state index contributed by atoms with van der Waals surface area (Å²) in [7, 11) is 0.134. The van der Waals surface area contributed by atoms with Crippen molar-refractivity contribution >= 4 is 100 Å². The molecule has 0 saturated heterocycles. The van der Waals surface area contributed by atoms with Crippen LogP contribution in [0.4, 0.5) is 0 Å². The number of fused-ring (bicyclic) bond motifs is 8. The molecule has 19 rings (SSSR count). The number of hydrogen-bond donors (Lipinski definition) is 0. The van der Waals surface area contributed by atoms with Crippen LogP contribution < -0.4 is 37.7 Å². The van der Waals surface area contributed by atoms with Gasteiger partial charge in [0.05, 0.1) is 22.8 Å². The molecule has 6 aromatic rings. The summed E-state index contributed by atoms with van der Waals surface area (Å²) >= 11 is 6.26. The van der Waals surface area contributed by atoms with Crippen LogP contribution in [0.15, 0.2) is 168 Å². The fourth-order valence-electron chi connectivity index (χ4n) is 31.3. The summed E-state index contributed by atoms with van der Waals surface area (Å²) < 4.78 is 0. The Morgan fingerprint density at radius 3 is 1.08 bits per heavy atom. The average molecular weight is 1950 g/mol. The van der Waals surface area contributed by atoms with Crippen LogP contribution >= 0.6 is 28.1 Å². The van der Waals surface area contributed by atoms with Crippen LogP contribution in [-0.4, -0.2) is 60.0 Å². The maximum Gasteiger partial charge on any atom is 1.00 e. The first-order chi connectivity index (χ1) is 57.8. The summed E-state index contributed by atoms with van der Waals surface area (Å²) in [6.07, 6.45) is 44.6. The van der Waals surface area contributed by atoms with E-state index in [9.17, 15) is 0 Å². The molecule has 672 valence electrons. The monoisotopic (exact) mass is 1940 g/mol. The molecule has 0 aromatic heterocycles. The van der Waals surface area contributed by atoms with E-state index in [2.05, 4.69) is 317 Å². The van der Waals surface area contributed by atoms with Crippen molar-refractivity contribution in [2.24, 2.45) is 71.0 Å². The van der Waals surface area contributed by atoms with E-state index in [-0.39, 0.29) is 52.6 Å². The van der Waals surface area contributed by atoms with E-state index < -0.39 is 80.9 Å². The van der Waals surface area contributed by atoms with Gasteiger partial charge in [0.15, 0.2) is 0 Å². The van der Waals surface area contributed by atoms with Gasteiger partial charge in [-0.2, -0.15) is 11.1 Å². The van der Waals surface area contributed by atoms with E-state index in [4.69, 9.17) is 28.1 Å². The first-order valence-electron chi connectivity index (χ1n) is 49.7. The largest absolute Gasteiger partial charge is 1.00 e. The molecule has 13 aliphatic carbocycles. The number of rotatable bonds is 15. The van der Waals surface area contributed by atoms with E-state index in [1.807, 2.05) is 0 Å². The molecule has 21 atom stereocenters. The summed E-state index contributed by atoms with van der Waals surface area (Å²) in [6, 6.07) is 51.1. The first-order valence-corrected chi connectivity index (χ1v) is 85.6. The third-order valence-electron chi connectivity index (χ3n) is 39.6. The van der Waals surface area contributed by atoms with Gasteiger partial charge in [0.25, 0.3) is 0 Å². The quantitative estimate of drug-likeness (QED) is 0.0546. The van der Waals surface area contributed by atoms with E-state index in [1.165, 1.54) is 131 Å². The minimum atomic E-state index is -1.71. The van der Waals surface area contributed by atoms with Crippen molar-refractivity contribution in [1.29, 1.82) is 0 Å². The number of halogens is 3. The molecule has 0 radical (unpaired) electrons. The summed E-state index contributed by atoms with van der Waals surface area (Å²) in [5.74, 6) is 13.7. The number of benzene rings is 6. The van der Waals surface area contributed by atoms with E-state index in [0.29, 0.717) is 16.6 Å². The van der Waals surface area contributed by atoms with Gasteiger partial charge in [-0.3, -0.25) is 0 Å².